The average molecular weight is 352 g/mol. The summed E-state index contributed by atoms with van der Waals surface area (Å²) in [6.07, 6.45) is 4.48. The van der Waals surface area contributed by atoms with Crippen molar-refractivity contribution >= 4 is 27.7 Å². The van der Waals surface area contributed by atoms with Crippen molar-refractivity contribution in [3.05, 3.63) is 46.8 Å². The van der Waals surface area contributed by atoms with Gasteiger partial charge in [-0.1, -0.05) is 24.8 Å². The zero-order valence-electron chi connectivity index (χ0n) is 11.6. The number of aromatic nitrogens is 2. The SMILES string of the molecule is CCCNC(C)c1ccc(Sc2ccncn2)c(Br)c1. The second-order valence-electron chi connectivity index (χ2n) is 4.52. The average Bonchev–Trinajstić information content (AvgIpc) is 2.48. The fourth-order valence-electron chi connectivity index (χ4n) is 1.80. The summed E-state index contributed by atoms with van der Waals surface area (Å²) in [5, 5.41) is 4.45. The zero-order chi connectivity index (χ0) is 14.4. The lowest BCUT2D eigenvalue weighted by molar-refractivity contribution is 0.570. The Kier molecular flexibility index (Phi) is 6.01. The van der Waals surface area contributed by atoms with Crippen molar-refractivity contribution in [1.29, 1.82) is 0 Å². The van der Waals surface area contributed by atoms with E-state index in [2.05, 4.69) is 63.3 Å². The Balaban J connectivity index is 2.10. The van der Waals surface area contributed by atoms with Crippen LogP contribution in [0.1, 0.15) is 31.9 Å². The predicted molar refractivity (Wildman–Crippen MR) is 87.0 cm³/mol. The summed E-state index contributed by atoms with van der Waals surface area (Å²) in [6, 6.07) is 8.76. The van der Waals surface area contributed by atoms with Crippen LogP contribution < -0.4 is 5.32 Å². The van der Waals surface area contributed by atoms with Crippen molar-refractivity contribution in [3.63, 3.8) is 0 Å². The topological polar surface area (TPSA) is 37.8 Å². The van der Waals surface area contributed by atoms with Crippen LogP contribution in [0.5, 0.6) is 0 Å². The van der Waals surface area contributed by atoms with Crippen LogP contribution in [0.2, 0.25) is 0 Å². The van der Waals surface area contributed by atoms with Gasteiger partial charge in [-0.15, -0.1) is 0 Å². The van der Waals surface area contributed by atoms with Gasteiger partial charge in [0.15, 0.2) is 0 Å². The van der Waals surface area contributed by atoms with Gasteiger partial charge in [-0.2, -0.15) is 0 Å². The van der Waals surface area contributed by atoms with E-state index in [0.29, 0.717) is 6.04 Å². The first-order valence-corrected chi connectivity index (χ1v) is 8.28. The number of hydrogen-bond donors (Lipinski definition) is 1. The maximum Gasteiger partial charge on any atom is 0.116 e. The Morgan fingerprint density at radius 3 is 2.85 bits per heavy atom. The molecule has 0 saturated carbocycles. The highest BCUT2D eigenvalue weighted by Gasteiger charge is 2.08. The summed E-state index contributed by atoms with van der Waals surface area (Å²) >= 11 is 5.28. The molecule has 0 aliphatic carbocycles. The van der Waals surface area contributed by atoms with Gasteiger partial charge in [-0.3, -0.25) is 0 Å². The molecular formula is C15H18BrN3S. The fraction of sp³-hybridized carbons (Fsp3) is 0.333. The van der Waals surface area contributed by atoms with Crippen LogP contribution >= 0.6 is 27.7 Å². The maximum absolute atomic E-state index is 4.23. The molecule has 20 heavy (non-hydrogen) atoms. The van der Waals surface area contributed by atoms with Gasteiger partial charge in [0.25, 0.3) is 0 Å². The van der Waals surface area contributed by atoms with Crippen molar-refractivity contribution < 1.29 is 0 Å². The molecule has 2 aromatic rings. The largest absolute Gasteiger partial charge is 0.310 e. The van der Waals surface area contributed by atoms with Crippen LogP contribution in [0.3, 0.4) is 0 Å². The molecule has 1 unspecified atom stereocenters. The van der Waals surface area contributed by atoms with E-state index in [4.69, 9.17) is 0 Å². The zero-order valence-corrected chi connectivity index (χ0v) is 14.0. The summed E-state index contributed by atoms with van der Waals surface area (Å²) in [4.78, 5) is 9.32. The Hall–Kier alpha value is -0.910. The van der Waals surface area contributed by atoms with Crippen LogP contribution in [-0.2, 0) is 0 Å². The van der Waals surface area contributed by atoms with Gasteiger partial charge in [0.2, 0.25) is 0 Å². The smallest absolute Gasteiger partial charge is 0.116 e. The Morgan fingerprint density at radius 2 is 2.20 bits per heavy atom. The van der Waals surface area contributed by atoms with Gasteiger partial charge in [-0.05, 0) is 59.6 Å². The van der Waals surface area contributed by atoms with Gasteiger partial charge in [0.1, 0.15) is 11.4 Å². The molecule has 1 aromatic heterocycles. The summed E-state index contributed by atoms with van der Waals surface area (Å²) < 4.78 is 1.10. The lowest BCUT2D eigenvalue weighted by atomic mass is 10.1. The molecular weight excluding hydrogens is 334 g/mol. The first-order valence-electron chi connectivity index (χ1n) is 6.67. The predicted octanol–water partition coefficient (Wildman–Crippen LogP) is 4.45. The van der Waals surface area contributed by atoms with E-state index in [1.54, 1.807) is 24.3 Å². The molecule has 1 N–H and O–H groups in total. The molecule has 1 atom stereocenters. The summed E-state index contributed by atoms with van der Waals surface area (Å²) in [6.45, 7) is 5.40. The molecule has 3 nitrogen and oxygen atoms in total. The molecule has 0 saturated heterocycles. The van der Waals surface area contributed by atoms with E-state index in [-0.39, 0.29) is 0 Å². The molecule has 0 fully saturated rings. The normalized spacial score (nSPS) is 12.3. The quantitative estimate of drug-likeness (QED) is 0.780. The third-order valence-corrected chi connectivity index (χ3v) is 4.87. The number of nitrogens with one attached hydrogen (secondary N) is 1. The number of nitrogens with zero attached hydrogens (tertiary/aromatic N) is 2. The highest BCUT2D eigenvalue weighted by molar-refractivity contribution is 9.10. The second-order valence-corrected chi connectivity index (χ2v) is 6.43. The Labute approximate surface area is 132 Å². The van der Waals surface area contributed by atoms with E-state index in [0.717, 1.165) is 27.4 Å². The molecule has 0 spiro atoms. The van der Waals surface area contributed by atoms with Crippen LogP contribution in [-0.4, -0.2) is 16.5 Å². The minimum absolute atomic E-state index is 0.365. The van der Waals surface area contributed by atoms with Crippen LogP contribution in [0.4, 0.5) is 0 Å². The number of rotatable bonds is 6. The van der Waals surface area contributed by atoms with E-state index in [1.807, 2.05) is 6.07 Å². The van der Waals surface area contributed by atoms with Crippen molar-refractivity contribution in [1.82, 2.24) is 15.3 Å². The number of hydrogen-bond acceptors (Lipinski definition) is 4. The summed E-state index contributed by atoms with van der Waals surface area (Å²) in [7, 11) is 0. The first kappa shape index (κ1) is 15.5. The monoisotopic (exact) mass is 351 g/mol. The molecule has 0 radical (unpaired) electrons. The van der Waals surface area contributed by atoms with E-state index >= 15 is 0 Å². The van der Waals surface area contributed by atoms with Crippen molar-refractivity contribution in [2.24, 2.45) is 0 Å². The minimum Gasteiger partial charge on any atom is -0.310 e. The van der Waals surface area contributed by atoms with Crippen molar-refractivity contribution in [2.45, 2.75) is 36.2 Å². The van der Waals surface area contributed by atoms with E-state index in [1.165, 1.54) is 5.56 Å². The van der Waals surface area contributed by atoms with Crippen molar-refractivity contribution in [2.75, 3.05) is 6.54 Å². The van der Waals surface area contributed by atoms with Crippen LogP contribution in [0.15, 0.2) is 51.2 Å². The third kappa shape index (κ3) is 4.30. The number of halogens is 1. The molecule has 0 aliphatic rings. The lowest BCUT2D eigenvalue weighted by Crippen LogP contribution is -2.19. The molecule has 0 amide bonds. The maximum atomic E-state index is 4.23. The van der Waals surface area contributed by atoms with Gasteiger partial charge in [0.05, 0.1) is 0 Å². The molecule has 5 heteroatoms. The molecule has 0 aliphatic heterocycles. The third-order valence-electron chi connectivity index (χ3n) is 2.93. The minimum atomic E-state index is 0.365. The Bertz CT molecular complexity index is 548. The summed E-state index contributed by atoms with van der Waals surface area (Å²) in [5.41, 5.74) is 1.29. The summed E-state index contributed by atoms with van der Waals surface area (Å²) in [5.74, 6) is 0. The molecule has 2 rings (SSSR count). The van der Waals surface area contributed by atoms with E-state index in [9.17, 15) is 0 Å². The Morgan fingerprint density at radius 1 is 1.35 bits per heavy atom. The van der Waals surface area contributed by atoms with Crippen LogP contribution in [0, 0.1) is 0 Å². The fourth-order valence-corrected chi connectivity index (χ4v) is 3.19. The van der Waals surface area contributed by atoms with Crippen molar-refractivity contribution in [3.8, 4) is 0 Å². The number of benzene rings is 1. The van der Waals surface area contributed by atoms with Gasteiger partial charge < -0.3 is 5.32 Å². The standard InChI is InChI=1S/C15H18BrN3S/c1-3-7-18-11(2)12-4-5-14(13(16)9-12)20-15-6-8-17-10-19-15/h4-6,8-11,18H,3,7H2,1-2H3. The molecule has 0 bridgehead atoms. The van der Waals surface area contributed by atoms with Gasteiger partial charge in [0, 0.05) is 21.6 Å². The van der Waals surface area contributed by atoms with Gasteiger partial charge in [-0.25, -0.2) is 9.97 Å². The highest BCUT2D eigenvalue weighted by atomic mass is 79.9. The van der Waals surface area contributed by atoms with Gasteiger partial charge >= 0.3 is 0 Å². The molecule has 1 aromatic carbocycles. The second kappa shape index (κ2) is 7.76. The molecule has 1 heterocycles. The van der Waals surface area contributed by atoms with Crippen LogP contribution in [0.25, 0.3) is 0 Å². The highest BCUT2D eigenvalue weighted by Crippen LogP contribution is 2.33. The lowest BCUT2D eigenvalue weighted by Gasteiger charge is -2.15. The molecule has 106 valence electrons. The first-order chi connectivity index (χ1) is 9.70. The van der Waals surface area contributed by atoms with E-state index < -0.39 is 0 Å².